The van der Waals surface area contributed by atoms with Crippen LogP contribution in [0.4, 0.5) is 24.7 Å². The number of halogens is 4. The Kier molecular flexibility index (Phi) is 9.01. The Morgan fingerprint density at radius 2 is 1.79 bits per heavy atom. The van der Waals surface area contributed by atoms with Gasteiger partial charge in [-0.15, -0.1) is 0 Å². The number of nitrogens with two attached hydrogens (primary N) is 1. The van der Waals surface area contributed by atoms with Crippen molar-refractivity contribution in [3.63, 3.8) is 0 Å². The van der Waals surface area contributed by atoms with E-state index in [4.69, 9.17) is 17.3 Å². The van der Waals surface area contributed by atoms with E-state index in [9.17, 15) is 36.6 Å². The fourth-order valence-corrected chi connectivity index (χ4v) is 5.11. The zero-order chi connectivity index (χ0) is 30.8. The van der Waals surface area contributed by atoms with Crippen LogP contribution in [0.2, 0.25) is 5.02 Å². The quantitative estimate of drug-likeness (QED) is 0.162. The number of carboxylic acid groups (broad SMARTS) is 1. The molecule has 0 aliphatic carbocycles. The number of carboxylic acids is 1. The monoisotopic (exact) mass is 625 g/mol. The van der Waals surface area contributed by atoms with Gasteiger partial charge in [0.05, 0.1) is 11.1 Å². The summed E-state index contributed by atoms with van der Waals surface area (Å²) in [7, 11) is -5.56. The van der Waals surface area contributed by atoms with E-state index in [-0.39, 0.29) is 41.4 Å². The highest BCUT2D eigenvalue weighted by molar-refractivity contribution is 7.93. The van der Waals surface area contributed by atoms with Crippen molar-refractivity contribution >= 4 is 50.0 Å². The maximum atomic E-state index is 12.6. The molecule has 2 atom stereocenters. The molecule has 0 aliphatic rings. The number of nitrogens with one attached hydrogen (secondary N) is 2. The minimum Gasteiger partial charge on any atom is -0.477 e. The maximum Gasteiger partial charge on any atom is 0.516 e. The number of aliphatic hydroxyl groups is 1. The Bertz CT molecular complexity index is 1710. The molecule has 4 aromatic rings. The smallest absolute Gasteiger partial charge is 0.477 e. The van der Waals surface area contributed by atoms with Gasteiger partial charge >= 0.3 is 21.5 Å². The first-order chi connectivity index (χ1) is 19.6. The van der Waals surface area contributed by atoms with E-state index < -0.39 is 27.6 Å². The molecule has 0 saturated heterocycles. The lowest BCUT2D eigenvalue weighted by Crippen LogP contribution is -2.32. The zero-order valence-electron chi connectivity index (χ0n) is 22.1. The summed E-state index contributed by atoms with van der Waals surface area (Å²) in [6.07, 6.45) is 1.18. The third kappa shape index (κ3) is 7.13. The van der Waals surface area contributed by atoms with E-state index in [1.807, 2.05) is 19.1 Å². The SMILES string of the molecule is CC(Cc1ccc2c(c1)cc(C(=O)O)n2Cc1ccc(NS(=O)(=O)C(F)(F)F)cc1)NCC(O)c1cnc(N)c(Cl)c1. The van der Waals surface area contributed by atoms with E-state index >= 15 is 0 Å². The lowest BCUT2D eigenvalue weighted by molar-refractivity contribution is -0.0429. The lowest BCUT2D eigenvalue weighted by Gasteiger charge is -2.18. The Balaban J connectivity index is 1.46. The molecule has 2 unspecified atom stereocenters. The van der Waals surface area contributed by atoms with Crippen molar-refractivity contribution < 1.29 is 36.6 Å². The number of nitrogens with zero attached hydrogens (tertiary/aromatic N) is 2. The second kappa shape index (κ2) is 12.2. The number of rotatable bonds is 11. The number of carbonyl (C=O) groups is 1. The number of pyridine rings is 1. The molecular formula is C27H27ClF3N5O5S. The number of hydrogen-bond acceptors (Lipinski definition) is 7. The van der Waals surface area contributed by atoms with Gasteiger partial charge in [-0.1, -0.05) is 29.8 Å². The van der Waals surface area contributed by atoms with Crippen molar-refractivity contribution in [2.45, 2.75) is 37.5 Å². The highest BCUT2D eigenvalue weighted by atomic mass is 35.5. The number of alkyl halides is 3. The first-order valence-corrected chi connectivity index (χ1v) is 14.4. The number of aromatic nitrogens is 2. The van der Waals surface area contributed by atoms with Crippen molar-refractivity contribution in [2.24, 2.45) is 0 Å². The van der Waals surface area contributed by atoms with Gasteiger partial charge in [-0.2, -0.15) is 21.6 Å². The highest BCUT2D eigenvalue weighted by Crippen LogP contribution is 2.27. The number of fused-ring (bicyclic) bond motifs is 1. The minimum atomic E-state index is -5.56. The van der Waals surface area contributed by atoms with Crippen molar-refractivity contribution in [2.75, 3.05) is 17.0 Å². The molecule has 0 radical (unpaired) electrons. The third-order valence-corrected chi connectivity index (χ3v) is 7.93. The van der Waals surface area contributed by atoms with Crippen LogP contribution in [0.15, 0.2) is 60.8 Å². The molecule has 2 aromatic carbocycles. The molecular weight excluding hydrogens is 599 g/mol. The van der Waals surface area contributed by atoms with Crippen molar-refractivity contribution in [3.05, 3.63) is 88.2 Å². The van der Waals surface area contributed by atoms with Crippen LogP contribution in [0.3, 0.4) is 0 Å². The molecule has 0 amide bonds. The average molecular weight is 626 g/mol. The largest absolute Gasteiger partial charge is 0.516 e. The number of anilines is 2. The van der Waals surface area contributed by atoms with Crippen LogP contribution in [0, 0.1) is 0 Å². The summed E-state index contributed by atoms with van der Waals surface area (Å²) in [4.78, 5) is 15.9. The summed E-state index contributed by atoms with van der Waals surface area (Å²) in [6, 6.07) is 13.7. The molecule has 0 aliphatic heterocycles. The topological polar surface area (TPSA) is 160 Å². The fraction of sp³-hybridized carbons (Fsp3) is 0.259. The first-order valence-electron chi connectivity index (χ1n) is 12.5. The minimum absolute atomic E-state index is 0.00839. The van der Waals surface area contributed by atoms with Gasteiger partial charge in [0.2, 0.25) is 0 Å². The molecule has 2 aromatic heterocycles. The van der Waals surface area contributed by atoms with Crippen LogP contribution in [0.1, 0.15) is 40.2 Å². The number of aromatic carboxylic acids is 1. The van der Waals surface area contributed by atoms with Crippen LogP contribution >= 0.6 is 11.6 Å². The van der Waals surface area contributed by atoms with Crippen molar-refractivity contribution in [1.82, 2.24) is 14.9 Å². The Hall–Kier alpha value is -3.85. The Morgan fingerprint density at radius 1 is 1.12 bits per heavy atom. The van der Waals surface area contributed by atoms with Crippen molar-refractivity contribution in [1.29, 1.82) is 0 Å². The van der Waals surface area contributed by atoms with Gasteiger partial charge in [0, 0.05) is 47.5 Å². The van der Waals surface area contributed by atoms with Gasteiger partial charge in [-0.05, 0) is 60.9 Å². The lowest BCUT2D eigenvalue weighted by atomic mass is 10.0. The van der Waals surface area contributed by atoms with Gasteiger partial charge in [-0.25, -0.2) is 9.78 Å². The number of nitrogen functional groups attached to an aromatic ring is 1. The summed E-state index contributed by atoms with van der Waals surface area (Å²) < 4.78 is 63.6. The molecule has 6 N–H and O–H groups in total. The molecule has 0 spiro atoms. The predicted molar refractivity (Wildman–Crippen MR) is 153 cm³/mol. The predicted octanol–water partition coefficient (Wildman–Crippen LogP) is 4.53. The molecule has 224 valence electrons. The molecule has 0 bridgehead atoms. The normalized spacial score (nSPS) is 13.7. The van der Waals surface area contributed by atoms with Crippen LogP contribution in [0.5, 0.6) is 0 Å². The third-order valence-electron chi connectivity index (χ3n) is 6.51. The standard InChI is InChI=1S/C27H27ClF3N5O5S/c1-15(33-13-24(37)19-10-21(28)25(32)34-12-19)8-17-4-7-22-18(9-17)11-23(26(38)39)36(22)14-16-2-5-20(6-3-16)35-42(40,41)27(29,30)31/h2-7,9-12,15,24,33,35,37H,8,13-14H2,1H3,(H2,32,34)(H,38,39). The van der Waals surface area contributed by atoms with Gasteiger partial charge in [0.25, 0.3) is 0 Å². The van der Waals surface area contributed by atoms with E-state index in [1.54, 1.807) is 16.7 Å². The number of aliphatic hydroxyl groups excluding tert-OH is 1. The maximum absolute atomic E-state index is 12.6. The fourth-order valence-electron chi connectivity index (χ4n) is 4.37. The number of benzene rings is 2. The van der Waals surface area contributed by atoms with Gasteiger partial charge in [0.1, 0.15) is 11.5 Å². The van der Waals surface area contributed by atoms with Gasteiger partial charge < -0.3 is 25.8 Å². The van der Waals surface area contributed by atoms with Crippen LogP contribution < -0.4 is 15.8 Å². The van der Waals surface area contributed by atoms with Crippen LogP contribution in [-0.2, 0) is 23.0 Å². The number of sulfonamides is 1. The molecule has 4 rings (SSSR count). The summed E-state index contributed by atoms with van der Waals surface area (Å²) >= 11 is 5.98. The van der Waals surface area contributed by atoms with E-state index in [2.05, 4.69) is 10.3 Å². The molecule has 42 heavy (non-hydrogen) atoms. The summed E-state index contributed by atoms with van der Waals surface area (Å²) in [6.45, 7) is 2.26. The highest BCUT2D eigenvalue weighted by Gasteiger charge is 2.46. The van der Waals surface area contributed by atoms with Crippen molar-refractivity contribution in [3.8, 4) is 0 Å². The van der Waals surface area contributed by atoms with E-state index in [0.717, 1.165) is 5.56 Å². The van der Waals surface area contributed by atoms with E-state index in [0.29, 0.717) is 28.5 Å². The second-order valence-corrected chi connectivity index (χ2v) is 11.8. The molecule has 0 fully saturated rings. The Morgan fingerprint density at radius 3 is 2.40 bits per heavy atom. The zero-order valence-corrected chi connectivity index (χ0v) is 23.6. The van der Waals surface area contributed by atoms with Crippen LogP contribution in [0.25, 0.3) is 10.9 Å². The van der Waals surface area contributed by atoms with E-state index in [1.165, 1.54) is 41.3 Å². The Labute approximate surface area is 244 Å². The molecule has 2 heterocycles. The number of hydrogen-bond donors (Lipinski definition) is 5. The molecule has 10 nitrogen and oxygen atoms in total. The average Bonchev–Trinajstić information content (AvgIpc) is 3.27. The van der Waals surface area contributed by atoms with Gasteiger partial charge in [0.15, 0.2) is 0 Å². The molecule has 0 saturated carbocycles. The second-order valence-electron chi connectivity index (χ2n) is 9.73. The summed E-state index contributed by atoms with van der Waals surface area (Å²) in [5.41, 5.74) is 2.50. The first kappa shape index (κ1) is 31.1. The summed E-state index contributed by atoms with van der Waals surface area (Å²) in [5, 5.41) is 24.4. The van der Waals surface area contributed by atoms with Crippen LogP contribution in [-0.4, -0.2) is 52.2 Å². The summed E-state index contributed by atoms with van der Waals surface area (Å²) in [5.74, 6) is -0.986. The molecule has 15 heteroatoms. The van der Waals surface area contributed by atoms with Gasteiger partial charge in [-0.3, -0.25) is 4.72 Å².